The first-order valence-corrected chi connectivity index (χ1v) is 9.75. The molecule has 0 spiro atoms. The zero-order chi connectivity index (χ0) is 19.1. The van der Waals surface area contributed by atoms with Crippen LogP contribution in [-0.2, 0) is 10.2 Å². The Labute approximate surface area is 160 Å². The van der Waals surface area contributed by atoms with Gasteiger partial charge in [0, 0.05) is 10.3 Å². The molecule has 0 saturated carbocycles. The van der Waals surface area contributed by atoms with Crippen LogP contribution < -0.4 is 0 Å². The van der Waals surface area contributed by atoms with E-state index in [9.17, 15) is 14.3 Å². The smallest absolute Gasteiger partial charge is 0.315 e. The Balaban J connectivity index is 2.41. The highest BCUT2D eigenvalue weighted by Gasteiger charge is 2.38. The summed E-state index contributed by atoms with van der Waals surface area (Å²) in [5, 5.41) is 10.5. The average molecular weight is 392 g/mol. The van der Waals surface area contributed by atoms with Crippen molar-refractivity contribution in [2.75, 3.05) is 6.26 Å². The molecule has 1 N–H and O–H groups in total. The molecule has 136 valence electrons. The molecular weight excluding hydrogens is 373 g/mol. The number of carboxylic acids is 1. The van der Waals surface area contributed by atoms with Gasteiger partial charge in [0.2, 0.25) is 0 Å². The molecule has 6 heteroatoms. The maximum atomic E-state index is 13.9. The minimum atomic E-state index is -1.20. The number of aromatic nitrogens is 1. The third kappa shape index (κ3) is 2.99. The van der Waals surface area contributed by atoms with Gasteiger partial charge in [0.1, 0.15) is 16.7 Å². The Morgan fingerprint density at radius 3 is 2.46 bits per heavy atom. The molecule has 0 aliphatic carbocycles. The van der Waals surface area contributed by atoms with Crippen LogP contribution in [0.25, 0.3) is 10.9 Å². The number of rotatable bonds is 5. The topological polar surface area (TPSA) is 42.2 Å². The number of nitrogens with zero attached hydrogens (tertiary/aromatic N) is 1. The van der Waals surface area contributed by atoms with Crippen LogP contribution in [0.3, 0.4) is 0 Å². The third-order valence-corrected chi connectivity index (χ3v) is 5.82. The van der Waals surface area contributed by atoms with Gasteiger partial charge in [0.05, 0.1) is 11.2 Å². The largest absolute Gasteiger partial charge is 0.481 e. The molecule has 3 rings (SSSR count). The Bertz CT molecular complexity index is 969. The van der Waals surface area contributed by atoms with Gasteiger partial charge in [0.25, 0.3) is 0 Å². The highest BCUT2D eigenvalue weighted by molar-refractivity contribution is 7.98. The summed E-state index contributed by atoms with van der Waals surface area (Å²) in [6.07, 6.45) is 1.86. The van der Waals surface area contributed by atoms with Gasteiger partial charge >= 0.3 is 5.97 Å². The number of alkyl halides is 1. The van der Waals surface area contributed by atoms with Gasteiger partial charge in [-0.05, 0) is 43.9 Å². The van der Waals surface area contributed by atoms with Crippen LogP contribution in [0, 0.1) is 5.82 Å². The summed E-state index contributed by atoms with van der Waals surface area (Å²) in [5.74, 6) is -1.33. The molecule has 0 fully saturated rings. The monoisotopic (exact) mass is 391 g/mol. The van der Waals surface area contributed by atoms with E-state index in [1.807, 2.05) is 41.2 Å². The van der Waals surface area contributed by atoms with Crippen molar-refractivity contribution in [2.45, 2.75) is 29.7 Å². The highest BCUT2D eigenvalue weighted by Crippen LogP contribution is 2.44. The number of fused-ring (bicyclic) bond motifs is 1. The first kappa shape index (κ1) is 18.8. The molecule has 0 aliphatic rings. The number of benzene rings is 2. The minimum Gasteiger partial charge on any atom is -0.481 e. The number of thioether (sulfide) groups is 1. The molecule has 1 unspecified atom stereocenters. The van der Waals surface area contributed by atoms with Gasteiger partial charge < -0.3 is 9.67 Å². The Morgan fingerprint density at radius 2 is 1.88 bits per heavy atom. The lowest BCUT2D eigenvalue weighted by atomic mass is 9.89. The van der Waals surface area contributed by atoms with Crippen LogP contribution in [0.1, 0.15) is 30.6 Å². The number of hydrogen-bond acceptors (Lipinski definition) is 2. The summed E-state index contributed by atoms with van der Waals surface area (Å²) < 4.78 is 15.7. The molecule has 0 bridgehead atoms. The van der Waals surface area contributed by atoms with Crippen molar-refractivity contribution >= 4 is 40.2 Å². The van der Waals surface area contributed by atoms with Crippen molar-refractivity contribution in [3.05, 3.63) is 65.6 Å². The van der Waals surface area contributed by atoms with Gasteiger partial charge in [-0.3, -0.25) is 4.79 Å². The summed E-state index contributed by atoms with van der Waals surface area (Å²) in [7, 11) is 0. The second-order valence-corrected chi connectivity index (χ2v) is 7.82. The maximum Gasteiger partial charge on any atom is 0.315 e. The minimum absolute atomic E-state index is 0.365. The molecule has 0 aliphatic heterocycles. The van der Waals surface area contributed by atoms with E-state index in [4.69, 9.17) is 11.6 Å². The fourth-order valence-corrected chi connectivity index (χ4v) is 4.43. The van der Waals surface area contributed by atoms with Crippen LogP contribution in [0.5, 0.6) is 0 Å². The zero-order valence-corrected chi connectivity index (χ0v) is 16.2. The van der Waals surface area contributed by atoms with Crippen molar-refractivity contribution in [2.24, 2.45) is 0 Å². The summed E-state index contributed by atoms with van der Waals surface area (Å²) in [6.45, 7) is 3.29. The van der Waals surface area contributed by atoms with E-state index in [1.165, 1.54) is 23.9 Å². The van der Waals surface area contributed by atoms with Crippen LogP contribution >= 0.6 is 23.4 Å². The number of carboxylic acid groups (broad SMARTS) is 1. The van der Waals surface area contributed by atoms with E-state index in [0.29, 0.717) is 16.6 Å². The Kier molecular flexibility index (Phi) is 5.04. The van der Waals surface area contributed by atoms with Crippen molar-refractivity contribution < 1.29 is 14.3 Å². The SMILES string of the molecule is CSc1c(C(C)(C)C(=O)O)n(C(Cl)c2ccccc2)c2ccc(F)cc12. The summed E-state index contributed by atoms with van der Waals surface area (Å²) in [5.41, 5.74) is 0.311. The van der Waals surface area contributed by atoms with E-state index in [2.05, 4.69) is 0 Å². The van der Waals surface area contributed by atoms with E-state index < -0.39 is 16.9 Å². The Morgan fingerprint density at radius 1 is 1.23 bits per heavy atom. The van der Waals surface area contributed by atoms with Crippen LogP contribution in [0.2, 0.25) is 0 Å². The van der Waals surface area contributed by atoms with Crippen LogP contribution in [-0.4, -0.2) is 21.9 Å². The van der Waals surface area contributed by atoms with Gasteiger partial charge in [0.15, 0.2) is 0 Å². The average Bonchev–Trinajstić information content (AvgIpc) is 2.95. The predicted molar refractivity (Wildman–Crippen MR) is 105 cm³/mol. The Hall–Kier alpha value is -1.98. The number of carbonyl (C=O) groups is 1. The number of hydrogen-bond donors (Lipinski definition) is 1. The number of halogens is 2. The summed E-state index contributed by atoms with van der Waals surface area (Å²) in [6, 6.07) is 13.9. The molecule has 2 aromatic carbocycles. The maximum absolute atomic E-state index is 13.9. The normalized spacial score (nSPS) is 13.1. The fraction of sp³-hybridized carbons (Fsp3) is 0.250. The molecule has 1 aromatic heterocycles. The standard InChI is InChI=1S/C20H19ClFNO2S/c1-20(2,19(24)25)17-16(26-3)14-11-13(22)9-10-15(14)23(17)18(21)12-7-5-4-6-8-12/h4-11,18H,1-3H3,(H,24,25). The molecule has 1 atom stereocenters. The van der Waals surface area contributed by atoms with Crippen molar-refractivity contribution in [1.29, 1.82) is 0 Å². The van der Waals surface area contributed by atoms with E-state index >= 15 is 0 Å². The van der Waals surface area contributed by atoms with Crippen molar-refractivity contribution in [3.63, 3.8) is 0 Å². The van der Waals surface area contributed by atoms with Crippen molar-refractivity contribution in [1.82, 2.24) is 4.57 Å². The van der Waals surface area contributed by atoms with Gasteiger partial charge in [-0.15, -0.1) is 11.8 Å². The third-order valence-electron chi connectivity index (χ3n) is 4.55. The highest BCUT2D eigenvalue weighted by atomic mass is 35.5. The number of aliphatic carboxylic acids is 1. The molecular formula is C20H19ClFNO2S. The van der Waals surface area contributed by atoms with Crippen LogP contribution in [0.15, 0.2) is 53.4 Å². The molecule has 3 nitrogen and oxygen atoms in total. The van der Waals surface area contributed by atoms with Gasteiger partial charge in [-0.1, -0.05) is 41.9 Å². The first-order valence-electron chi connectivity index (χ1n) is 8.09. The summed E-state index contributed by atoms with van der Waals surface area (Å²) >= 11 is 8.21. The molecule has 0 amide bonds. The lowest BCUT2D eigenvalue weighted by Gasteiger charge is -2.26. The van der Waals surface area contributed by atoms with Gasteiger partial charge in [-0.25, -0.2) is 4.39 Å². The van der Waals surface area contributed by atoms with E-state index in [-0.39, 0.29) is 5.82 Å². The lowest BCUT2D eigenvalue weighted by molar-refractivity contribution is -0.142. The quantitative estimate of drug-likeness (QED) is 0.451. The predicted octanol–water partition coefficient (Wildman–Crippen LogP) is 5.65. The molecule has 0 saturated heterocycles. The molecule has 0 radical (unpaired) electrons. The van der Waals surface area contributed by atoms with Crippen LogP contribution in [0.4, 0.5) is 4.39 Å². The van der Waals surface area contributed by atoms with E-state index in [1.54, 1.807) is 19.9 Å². The summed E-state index contributed by atoms with van der Waals surface area (Å²) in [4.78, 5) is 12.7. The van der Waals surface area contributed by atoms with Crippen molar-refractivity contribution in [3.8, 4) is 0 Å². The second kappa shape index (κ2) is 6.97. The van der Waals surface area contributed by atoms with Gasteiger partial charge in [-0.2, -0.15) is 0 Å². The van der Waals surface area contributed by atoms with E-state index in [0.717, 1.165) is 10.5 Å². The molecule has 1 heterocycles. The second-order valence-electron chi connectivity index (χ2n) is 6.59. The fourth-order valence-electron chi connectivity index (χ4n) is 3.15. The molecule has 3 aromatic rings. The molecule has 26 heavy (non-hydrogen) atoms. The first-order chi connectivity index (χ1) is 12.3. The zero-order valence-electron chi connectivity index (χ0n) is 14.7. The lowest BCUT2D eigenvalue weighted by Crippen LogP contribution is -2.32.